The molecule has 0 spiro atoms. The monoisotopic (exact) mass is 339 g/mol. The van der Waals surface area contributed by atoms with E-state index in [1.807, 2.05) is 37.3 Å². The van der Waals surface area contributed by atoms with Crippen LogP contribution in [0.4, 0.5) is 11.4 Å². The molecule has 1 aromatic carbocycles. The zero-order valence-electron chi connectivity index (χ0n) is 14.7. The molecule has 1 saturated heterocycles. The molecule has 5 heteroatoms. The predicted octanol–water partition coefficient (Wildman–Crippen LogP) is 4.11. The molecular weight excluding hydrogens is 314 g/mol. The number of amides is 1. The average molecular weight is 339 g/mol. The lowest BCUT2D eigenvalue weighted by molar-refractivity contribution is 0.102. The highest BCUT2D eigenvalue weighted by Crippen LogP contribution is 2.20. The summed E-state index contributed by atoms with van der Waals surface area (Å²) in [6, 6.07) is 11.1. The molecule has 2 aromatic rings. The van der Waals surface area contributed by atoms with Crippen molar-refractivity contribution in [3.8, 4) is 5.75 Å². The van der Waals surface area contributed by atoms with Gasteiger partial charge >= 0.3 is 0 Å². The molecule has 3 rings (SSSR count). The SMILES string of the molecule is CCOc1ccc(NC(=O)c2ccc(N3CCCCCC3)cn2)cc1. The Morgan fingerprint density at radius 3 is 2.40 bits per heavy atom. The van der Waals surface area contributed by atoms with Gasteiger partial charge in [-0.25, -0.2) is 4.98 Å². The van der Waals surface area contributed by atoms with Gasteiger partial charge in [-0.05, 0) is 56.2 Å². The van der Waals surface area contributed by atoms with Gasteiger partial charge in [-0.1, -0.05) is 12.8 Å². The van der Waals surface area contributed by atoms with Crippen molar-refractivity contribution in [2.45, 2.75) is 32.6 Å². The van der Waals surface area contributed by atoms with Crippen LogP contribution in [0.15, 0.2) is 42.6 Å². The van der Waals surface area contributed by atoms with Crippen molar-refractivity contribution in [1.29, 1.82) is 0 Å². The van der Waals surface area contributed by atoms with E-state index in [1.54, 1.807) is 12.3 Å². The van der Waals surface area contributed by atoms with E-state index in [0.29, 0.717) is 12.3 Å². The van der Waals surface area contributed by atoms with Crippen LogP contribution in [0.5, 0.6) is 5.75 Å². The molecule has 0 saturated carbocycles. The molecule has 0 bridgehead atoms. The van der Waals surface area contributed by atoms with Gasteiger partial charge in [0.25, 0.3) is 5.91 Å². The first-order valence-corrected chi connectivity index (χ1v) is 9.01. The average Bonchev–Trinajstić information content (AvgIpc) is 2.93. The molecular formula is C20H25N3O2. The molecule has 0 unspecified atom stereocenters. The van der Waals surface area contributed by atoms with E-state index >= 15 is 0 Å². The summed E-state index contributed by atoms with van der Waals surface area (Å²) in [5, 5.41) is 2.87. The maximum Gasteiger partial charge on any atom is 0.274 e. The molecule has 1 aromatic heterocycles. The first kappa shape index (κ1) is 17.3. The smallest absolute Gasteiger partial charge is 0.274 e. The molecule has 1 aliphatic rings. The molecule has 0 aliphatic carbocycles. The van der Waals surface area contributed by atoms with Crippen LogP contribution in [0.1, 0.15) is 43.1 Å². The highest BCUT2D eigenvalue weighted by atomic mass is 16.5. The third-order valence-corrected chi connectivity index (χ3v) is 4.37. The van der Waals surface area contributed by atoms with Crippen LogP contribution in [0.3, 0.4) is 0 Å². The van der Waals surface area contributed by atoms with E-state index in [0.717, 1.165) is 30.2 Å². The molecule has 2 heterocycles. The fraction of sp³-hybridized carbons (Fsp3) is 0.400. The maximum atomic E-state index is 12.3. The molecule has 0 radical (unpaired) electrons. The zero-order valence-corrected chi connectivity index (χ0v) is 14.7. The zero-order chi connectivity index (χ0) is 17.5. The van der Waals surface area contributed by atoms with Gasteiger partial charge in [0.2, 0.25) is 0 Å². The first-order valence-electron chi connectivity index (χ1n) is 9.01. The van der Waals surface area contributed by atoms with E-state index in [1.165, 1.54) is 25.7 Å². The lowest BCUT2D eigenvalue weighted by atomic mass is 10.2. The van der Waals surface area contributed by atoms with Gasteiger partial charge in [0.05, 0.1) is 18.5 Å². The topological polar surface area (TPSA) is 54.5 Å². The van der Waals surface area contributed by atoms with Crippen molar-refractivity contribution < 1.29 is 9.53 Å². The minimum Gasteiger partial charge on any atom is -0.494 e. The van der Waals surface area contributed by atoms with E-state index in [2.05, 4.69) is 15.2 Å². The van der Waals surface area contributed by atoms with Crippen LogP contribution >= 0.6 is 0 Å². The van der Waals surface area contributed by atoms with Crippen molar-refractivity contribution in [3.05, 3.63) is 48.3 Å². The van der Waals surface area contributed by atoms with Crippen LogP contribution in [0.25, 0.3) is 0 Å². The number of carbonyl (C=O) groups is 1. The summed E-state index contributed by atoms with van der Waals surface area (Å²) < 4.78 is 5.40. The lowest BCUT2D eigenvalue weighted by Gasteiger charge is -2.22. The molecule has 1 amide bonds. The van der Waals surface area contributed by atoms with E-state index in [9.17, 15) is 4.79 Å². The second kappa shape index (κ2) is 8.51. The maximum absolute atomic E-state index is 12.3. The summed E-state index contributed by atoms with van der Waals surface area (Å²) in [6.07, 6.45) is 6.84. The number of aromatic nitrogens is 1. The van der Waals surface area contributed by atoms with Crippen molar-refractivity contribution in [2.75, 3.05) is 29.9 Å². The number of hydrogen-bond acceptors (Lipinski definition) is 4. The quantitative estimate of drug-likeness (QED) is 0.890. The normalized spacial score (nSPS) is 14.7. The Balaban J connectivity index is 1.62. The molecule has 1 fully saturated rings. The van der Waals surface area contributed by atoms with E-state index in [-0.39, 0.29) is 5.91 Å². The van der Waals surface area contributed by atoms with Crippen molar-refractivity contribution >= 4 is 17.3 Å². The third-order valence-electron chi connectivity index (χ3n) is 4.37. The van der Waals surface area contributed by atoms with Crippen LogP contribution in [0, 0.1) is 0 Å². The summed E-state index contributed by atoms with van der Waals surface area (Å²) in [6.45, 7) is 4.70. The highest BCUT2D eigenvalue weighted by Gasteiger charge is 2.12. The van der Waals surface area contributed by atoms with Crippen LogP contribution in [-0.4, -0.2) is 30.6 Å². The van der Waals surface area contributed by atoms with Gasteiger partial charge in [-0.15, -0.1) is 0 Å². The Bertz CT molecular complexity index is 675. The standard InChI is InChI=1S/C20H25N3O2/c1-2-25-18-10-7-16(8-11-18)22-20(24)19-12-9-17(15-21-19)23-13-5-3-4-6-14-23/h7-12,15H,2-6,13-14H2,1H3,(H,22,24). The van der Waals surface area contributed by atoms with Gasteiger partial charge < -0.3 is 15.0 Å². The second-order valence-corrected chi connectivity index (χ2v) is 6.21. The second-order valence-electron chi connectivity index (χ2n) is 6.21. The third kappa shape index (κ3) is 4.72. The van der Waals surface area contributed by atoms with Crippen molar-refractivity contribution in [3.63, 3.8) is 0 Å². The van der Waals surface area contributed by atoms with Gasteiger partial charge in [-0.3, -0.25) is 4.79 Å². The van der Waals surface area contributed by atoms with Crippen molar-refractivity contribution in [2.24, 2.45) is 0 Å². The Morgan fingerprint density at radius 2 is 1.80 bits per heavy atom. The Labute approximate surface area is 149 Å². The Morgan fingerprint density at radius 1 is 1.08 bits per heavy atom. The number of hydrogen-bond donors (Lipinski definition) is 1. The number of anilines is 2. The minimum absolute atomic E-state index is 0.202. The van der Waals surface area contributed by atoms with Crippen LogP contribution < -0.4 is 15.0 Å². The fourth-order valence-electron chi connectivity index (χ4n) is 3.03. The van der Waals surface area contributed by atoms with E-state index < -0.39 is 0 Å². The summed E-state index contributed by atoms with van der Waals surface area (Å²) in [5.74, 6) is 0.590. The summed E-state index contributed by atoms with van der Waals surface area (Å²) in [4.78, 5) is 19.1. The number of benzene rings is 1. The number of nitrogens with zero attached hydrogens (tertiary/aromatic N) is 2. The Kier molecular flexibility index (Phi) is 5.88. The van der Waals surface area contributed by atoms with Gasteiger partial charge in [0, 0.05) is 18.8 Å². The van der Waals surface area contributed by atoms with Crippen molar-refractivity contribution in [1.82, 2.24) is 4.98 Å². The molecule has 1 N–H and O–H groups in total. The van der Waals surface area contributed by atoms with Crippen LogP contribution in [-0.2, 0) is 0 Å². The number of pyridine rings is 1. The molecule has 0 atom stereocenters. The number of nitrogens with one attached hydrogen (secondary N) is 1. The molecule has 1 aliphatic heterocycles. The van der Waals surface area contributed by atoms with E-state index in [4.69, 9.17) is 4.74 Å². The molecule has 5 nitrogen and oxygen atoms in total. The summed E-state index contributed by atoms with van der Waals surface area (Å²) in [7, 11) is 0. The summed E-state index contributed by atoms with van der Waals surface area (Å²) >= 11 is 0. The summed E-state index contributed by atoms with van der Waals surface area (Å²) in [5.41, 5.74) is 2.25. The minimum atomic E-state index is -0.202. The largest absolute Gasteiger partial charge is 0.494 e. The fourth-order valence-corrected chi connectivity index (χ4v) is 3.03. The highest BCUT2D eigenvalue weighted by molar-refractivity contribution is 6.02. The first-order chi connectivity index (χ1) is 12.3. The number of ether oxygens (including phenoxy) is 1. The van der Waals surface area contributed by atoms with Gasteiger partial charge in [0.15, 0.2) is 0 Å². The Hall–Kier alpha value is -2.56. The lowest BCUT2D eigenvalue weighted by Crippen LogP contribution is -2.24. The van der Waals surface area contributed by atoms with Gasteiger partial charge in [-0.2, -0.15) is 0 Å². The van der Waals surface area contributed by atoms with Gasteiger partial charge in [0.1, 0.15) is 11.4 Å². The number of carbonyl (C=O) groups excluding carboxylic acids is 1. The molecule has 132 valence electrons. The van der Waals surface area contributed by atoms with Crippen LogP contribution in [0.2, 0.25) is 0 Å². The predicted molar refractivity (Wildman–Crippen MR) is 100 cm³/mol. The molecule has 25 heavy (non-hydrogen) atoms. The number of rotatable bonds is 5.